The smallest absolute Gasteiger partial charge is 0.272 e. The summed E-state index contributed by atoms with van der Waals surface area (Å²) in [6.45, 7) is 0.271. The number of benzene rings is 3. The van der Waals surface area contributed by atoms with Crippen LogP contribution in [0, 0.1) is 0 Å². The minimum atomic E-state index is -0.467. The number of nitrogens with zero attached hydrogens (tertiary/aromatic N) is 5. The third-order valence-corrected chi connectivity index (χ3v) is 8.06. The molecule has 0 unspecified atom stereocenters. The molecule has 2 aromatic heterocycles. The fraction of sp³-hybridized carbons (Fsp3) is 0.143. The summed E-state index contributed by atoms with van der Waals surface area (Å²) >= 11 is 22.5. The topological polar surface area (TPSA) is 77.6 Å². The Hall–Kier alpha value is -3.17. The minimum absolute atomic E-state index is 0.271. The molecule has 0 saturated heterocycles. The fourth-order valence-corrected chi connectivity index (χ4v) is 5.53. The molecule has 1 N–H and O–H groups in total. The molecule has 3 aromatic carbocycles. The molecule has 1 aliphatic rings. The van der Waals surface area contributed by atoms with E-state index in [2.05, 4.69) is 31.3 Å². The molecule has 39 heavy (non-hydrogen) atoms. The predicted molar refractivity (Wildman–Crippen MR) is 156 cm³/mol. The zero-order valence-corrected chi connectivity index (χ0v) is 24.1. The average molecular weight is 643 g/mol. The lowest BCUT2D eigenvalue weighted by atomic mass is 10.0. The molecule has 0 aliphatic heterocycles. The van der Waals surface area contributed by atoms with E-state index in [-0.39, 0.29) is 18.1 Å². The van der Waals surface area contributed by atoms with Crippen LogP contribution in [0.15, 0.2) is 83.9 Å². The molecule has 5 aromatic rings. The maximum atomic E-state index is 14.0. The molecule has 0 spiro atoms. The van der Waals surface area contributed by atoms with Crippen LogP contribution < -0.4 is 5.32 Å². The number of halogens is 4. The van der Waals surface area contributed by atoms with E-state index in [4.69, 9.17) is 39.9 Å². The van der Waals surface area contributed by atoms with Gasteiger partial charge in [0.15, 0.2) is 5.69 Å². The minimum Gasteiger partial charge on any atom is -0.341 e. The Kier molecular flexibility index (Phi) is 6.97. The van der Waals surface area contributed by atoms with Crippen molar-refractivity contribution >= 4 is 56.6 Å². The highest BCUT2D eigenvalue weighted by molar-refractivity contribution is 9.10. The van der Waals surface area contributed by atoms with Crippen molar-refractivity contribution in [3.8, 4) is 16.9 Å². The second-order valence-corrected chi connectivity index (χ2v) is 11.5. The van der Waals surface area contributed by atoms with Crippen molar-refractivity contribution < 1.29 is 4.79 Å². The highest BCUT2D eigenvalue weighted by Gasteiger charge is 2.46. The van der Waals surface area contributed by atoms with Gasteiger partial charge in [-0.15, -0.1) is 0 Å². The van der Waals surface area contributed by atoms with Crippen molar-refractivity contribution in [2.75, 3.05) is 0 Å². The molecule has 0 bridgehead atoms. The SMILES string of the molecule is O=C(NC1(c2ccc(Cl)cc2)CC1)c1nn(-c2ccc(Cl)cc2Cl)c(-c2ccc(Br)cc2)c1Cn1cncn1. The van der Waals surface area contributed by atoms with Crippen LogP contribution >= 0.6 is 50.7 Å². The van der Waals surface area contributed by atoms with Crippen molar-refractivity contribution in [3.63, 3.8) is 0 Å². The van der Waals surface area contributed by atoms with E-state index < -0.39 is 5.54 Å². The van der Waals surface area contributed by atoms with E-state index in [0.29, 0.717) is 32.0 Å². The van der Waals surface area contributed by atoms with Crippen molar-refractivity contribution in [1.29, 1.82) is 0 Å². The zero-order valence-electron chi connectivity index (χ0n) is 20.3. The third-order valence-electron chi connectivity index (χ3n) is 6.74. The van der Waals surface area contributed by atoms with Gasteiger partial charge in [0.25, 0.3) is 5.91 Å². The van der Waals surface area contributed by atoms with Crippen LogP contribution in [0.25, 0.3) is 16.9 Å². The molecule has 0 radical (unpaired) electrons. The number of carbonyl (C=O) groups excluding carboxylic acids is 1. The first-order valence-corrected chi connectivity index (χ1v) is 14.0. The number of hydrogen-bond donors (Lipinski definition) is 1. The summed E-state index contributed by atoms with van der Waals surface area (Å²) in [4.78, 5) is 18.1. The molecule has 1 saturated carbocycles. The summed E-state index contributed by atoms with van der Waals surface area (Å²) in [6, 6.07) is 20.6. The number of rotatable bonds is 7. The second kappa shape index (κ2) is 10.4. The Balaban J connectivity index is 1.51. The fourth-order valence-electron chi connectivity index (χ4n) is 4.65. The molecule has 2 heterocycles. The van der Waals surface area contributed by atoms with Gasteiger partial charge in [0, 0.05) is 25.6 Å². The molecule has 6 rings (SSSR count). The monoisotopic (exact) mass is 640 g/mol. The number of carbonyl (C=O) groups is 1. The number of amides is 1. The van der Waals surface area contributed by atoms with Gasteiger partial charge in [-0.3, -0.25) is 4.79 Å². The van der Waals surface area contributed by atoms with Gasteiger partial charge in [-0.1, -0.05) is 75.0 Å². The lowest BCUT2D eigenvalue weighted by Gasteiger charge is -2.18. The number of aromatic nitrogens is 5. The first-order chi connectivity index (χ1) is 18.8. The molecule has 1 fully saturated rings. The van der Waals surface area contributed by atoms with Gasteiger partial charge >= 0.3 is 0 Å². The molecule has 7 nitrogen and oxygen atoms in total. The average Bonchev–Trinajstić information content (AvgIpc) is 3.33. The quantitative estimate of drug-likeness (QED) is 0.202. The highest BCUT2D eigenvalue weighted by atomic mass is 79.9. The molecule has 1 amide bonds. The first-order valence-electron chi connectivity index (χ1n) is 12.1. The molecular formula is C28H20BrCl3N6O. The Morgan fingerprint density at radius 1 is 0.974 bits per heavy atom. The normalized spacial score (nSPS) is 13.8. The maximum absolute atomic E-state index is 14.0. The van der Waals surface area contributed by atoms with Crippen LogP contribution in [-0.4, -0.2) is 30.5 Å². The van der Waals surface area contributed by atoms with Crippen molar-refractivity contribution in [3.05, 3.63) is 116 Å². The van der Waals surface area contributed by atoms with Gasteiger partial charge in [-0.2, -0.15) is 10.2 Å². The standard InChI is InChI=1S/C28H20BrCl3N6O/c29-19-5-1-17(2-6-19)26-22(14-37-16-33-15-34-37)25(36-38(26)24-10-9-21(31)13-23(24)32)27(39)35-28(11-12-28)18-3-7-20(30)8-4-18/h1-10,13,15-16H,11-12,14H2,(H,35,39). The van der Waals surface area contributed by atoms with E-state index in [1.807, 2.05) is 48.5 Å². The van der Waals surface area contributed by atoms with Gasteiger partial charge in [-0.25, -0.2) is 14.3 Å². The van der Waals surface area contributed by atoms with Gasteiger partial charge in [-0.05, 0) is 60.9 Å². The van der Waals surface area contributed by atoms with Crippen LogP contribution in [0.2, 0.25) is 15.1 Å². The van der Waals surface area contributed by atoms with E-state index >= 15 is 0 Å². The van der Waals surface area contributed by atoms with Crippen molar-refractivity contribution in [1.82, 2.24) is 29.9 Å². The summed E-state index contributed by atoms with van der Waals surface area (Å²) in [6.07, 6.45) is 4.71. The Morgan fingerprint density at radius 2 is 1.69 bits per heavy atom. The Labute approximate surface area is 247 Å². The summed E-state index contributed by atoms with van der Waals surface area (Å²) in [5.74, 6) is -0.292. The maximum Gasteiger partial charge on any atom is 0.272 e. The Bertz CT molecular complexity index is 1660. The van der Waals surface area contributed by atoms with Crippen LogP contribution in [0.3, 0.4) is 0 Å². The van der Waals surface area contributed by atoms with Gasteiger partial charge in [0.05, 0.1) is 28.5 Å². The number of hydrogen-bond acceptors (Lipinski definition) is 4. The lowest BCUT2D eigenvalue weighted by molar-refractivity contribution is 0.0924. The van der Waals surface area contributed by atoms with E-state index in [1.54, 1.807) is 33.9 Å². The van der Waals surface area contributed by atoms with Crippen LogP contribution in [-0.2, 0) is 12.1 Å². The van der Waals surface area contributed by atoms with Crippen molar-refractivity contribution in [2.45, 2.75) is 24.9 Å². The third kappa shape index (κ3) is 5.22. The van der Waals surface area contributed by atoms with Crippen molar-refractivity contribution in [2.24, 2.45) is 0 Å². The zero-order chi connectivity index (χ0) is 27.1. The second-order valence-electron chi connectivity index (χ2n) is 9.33. The van der Waals surface area contributed by atoms with Gasteiger partial charge in [0.2, 0.25) is 0 Å². The predicted octanol–water partition coefficient (Wildman–Crippen LogP) is 7.32. The highest BCUT2D eigenvalue weighted by Crippen LogP contribution is 2.46. The largest absolute Gasteiger partial charge is 0.341 e. The lowest BCUT2D eigenvalue weighted by Crippen LogP contribution is -2.35. The number of nitrogens with one attached hydrogen (secondary N) is 1. The summed E-state index contributed by atoms with van der Waals surface area (Å²) in [5, 5.41) is 13.9. The first kappa shape index (κ1) is 26.1. The van der Waals surface area contributed by atoms with Crippen LogP contribution in [0.5, 0.6) is 0 Å². The molecule has 0 atom stereocenters. The Morgan fingerprint density at radius 3 is 2.33 bits per heavy atom. The van der Waals surface area contributed by atoms with Crippen LogP contribution in [0.4, 0.5) is 0 Å². The van der Waals surface area contributed by atoms with Crippen LogP contribution in [0.1, 0.15) is 34.5 Å². The molecule has 196 valence electrons. The van der Waals surface area contributed by atoms with E-state index in [1.165, 1.54) is 6.33 Å². The summed E-state index contributed by atoms with van der Waals surface area (Å²) < 4.78 is 4.29. The summed E-state index contributed by atoms with van der Waals surface area (Å²) in [5.41, 5.74) is 3.65. The van der Waals surface area contributed by atoms with Gasteiger partial charge in [0.1, 0.15) is 12.7 Å². The van der Waals surface area contributed by atoms with E-state index in [9.17, 15) is 4.79 Å². The summed E-state index contributed by atoms with van der Waals surface area (Å²) in [7, 11) is 0. The molecule has 11 heteroatoms. The van der Waals surface area contributed by atoms with E-state index in [0.717, 1.165) is 28.4 Å². The van der Waals surface area contributed by atoms with Gasteiger partial charge < -0.3 is 5.32 Å². The molecule has 1 aliphatic carbocycles. The molecular weight excluding hydrogens is 623 g/mol.